The van der Waals surface area contributed by atoms with Gasteiger partial charge < -0.3 is 33.0 Å². The van der Waals surface area contributed by atoms with Gasteiger partial charge in [0.15, 0.2) is 0 Å². The molecule has 0 aliphatic carbocycles. The third kappa shape index (κ3) is 36.1. The average molecular weight is 305 g/mol. The monoisotopic (exact) mass is 305 g/mol. The summed E-state index contributed by atoms with van der Waals surface area (Å²) in [5.41, 5.74) is 0. The van der Waals surface area contributed by atoms with Crippen LogP contribution < -0.4 is 189 Å². The van der Waals surface area contributed by atoms with E-state index in [0.29, 0.717) is 0 Å². The Morgan fingerprint density at radius 2 is 0.857 bits per heavy atom. The van der Waals surface area contributed by atoms with Crippen LogP contribution >= 0.6 is 15.6 Å². The molecule has 0 spiro atoms. The van der Waals surface area contributed by atoms with Gasteiger partial charge in [-0.3, -0.25) is 0 Å². The Morgan fingerprint density at radius 1 is 0.714 bits per heavy atom. The minimum atomic E-state index is -5.68. The van der Waals surface area contributed by atoms with Gasteiger partial charge in [-0.2, -0.15) is 0 Å². The molecule has 0 saturated carbocycles. The van der Waals surface area contributed by atoms with Gasteiger partial charge in [0.2, 0.25) is 0 Å². The summed E-state index contributed by atoms with van der Waals surface area (Å²) in [6.07, 6.45) is 0. The van der Waals surface area contributed by atoms with Crippen LogP contribution in [0, 0.1) is 0 Å². The van der Waals surface area contributed by atoms with Crippen LogP contribution in [0.3, 0.4) is 0 Å². The number of hydrogen-bond acceptors (Lipinski definition) is 7. The average Bonchev–Trinajstić information content (AvgIpc) is 1.14. The molecule has 14 heteroatoms. The van der Waals surface area contributed by atoms with Gasteiger partial charge in [-0.05, 0) is 0 Å². The minimum absolute atomic E-state index is 0. The predicted octanol–water partition coefficient (Wildman–Crippen LogP) is -18.3. The van der Waals surface area contributed by atoms with Crippen LogP contribution in [0.1, 0.15) is 0 Å². The Bertz CT molecular complexity index is 164. The number of phosphoric acid groups is 2. The SMILES string of the molecule is O=P([O-])([O-])OP(=O)([O-])[O-].[K+].[Na+].[Na+].[Na+].[Na+]. The van der Waals surface area contributed by atoms with Crippen LogP contribution in [0.5, 0.6) is 0 Å². The Hall–Kier alpha value is 5.90. The molecule has 14 heavy (non-hydrogen) atoms. The molecule has 0 bridgehead atoms. The summed E-state index contributed by atoms with van der Waals surface area (Å²) in [4.78, 5) is 37.3. The van der Waals surface area contributed by atoms with Crippen LogP contribution in [-0.2, 0) is 13.4 Å². The molecule has 0 rings (SSSR count). The van der Waals surface area contributed by atoms with E-state index in [4.69, 9.17) is 0 Å². The second kappa shape index (κ2) is 16.9. The van der Waals surface area contributed by atoms with E-state index in [0.717, 1.165) is 0 Å². The van der Waals surface area contributed by atoms with Crippen LogP contribution in [0.15, 0.2) is 0 Å². The van der Waals surface area contributed by atoms with Gasteiger partial charge in [-0.25, -0.2) is 0 Å². The first-order valence-corrected chi connectivity index (χ1v) is 4.38. The van der Waals surface area contributed by atoms with Gasteiger partial charge in [0, 0.05) is 0 Å². The Morgan fingerprint density at radius 3 is 0.857 bits per heavy atom. The standard InChI is InChI=1S/K.4Na.H4O7P2/c;;;;;1-8(2,3)7-9(4,5)6/h;;;;;(H2,1,2,3)(H2,4,5,6)/q5*+1;/p-4. The van der Waals surface area contributed by atoms with Gasteiger partial charge in [0.05, 0.1) is 15.6 Å². The topological polar surface area (TPSA) is 136 Å². The largest absolute Gasteiger partial charge is 1.00 e. The molecule has 0 saturated heterocycles. The Labute approximate surface area is 212 Å². The molecule has 0 fully saturated rings. The molecule has 0 unspecified atom stereocenters. The normalized spacial score (nSPS) is 8.86. The molecule has 0 aliphatic heterocycles. The Kier molecular flexibility index (Phi) is 44.5. The van der Waals surface area contributed by atoms with Gasteiger partial charge in [-0.1, -0.05) is 0 Å². The maximum atomic E-state index is 9.32. The second-order valence-corrected chi connectivity index (χ2v) is 3.42. The maximum absolute atomic E-state index is 9.32. The predicted molar refractivity (Wildman–Crippen MR) is 16.3 cm³/mol. The first kappa shape index (κ1) is 36.8. The van der Waals surface area contributed by atoms with Gasteiger partial charge >= 0.3 is 170 Å². The van der Waals surface area contributed by atoms with Crippen LogP contribution in [0.25, 0.3) is 0 Å². The Balaban J connectivity index is -0.0000000320. The summed E-state index contributed by atoms with van der Waals surface area (Å²) in [5, 5.41) is 0. The van der Waals surface area contributed by atoms with Crippen molar-refractivity contribution in [3.8, 4) is 0 Å². The third-order valence-corrected chi connectivity index (χ3v) is 1.80. The molecule has 7 nitrogen and oxygen atoms in total. The zero-order valence-corrected chi connectivity index (χ0v) is 21.7. The van der Waals surface area contributed by atoms with Crippen molar-refractivity contribution in [1.29, 1.82) is 0 Å². The van der Waals surface area contributed by atoms with Crippen LogP contribution in [0.2, 0.25) is 0 Å². The van der Waals surface area contributed by atoms with Crippen molar-refractivity contribution in [3.05, 3.63) is 0 Å². The molecular formula is KNa4O7P2+. The van der Waals surface area contributed by atoms with Crippen molar-refractivity contribution < 1.29 is 203 Å². The molecule has 0 radical (unpaired) electrons. The fraction of sp³-hybridized carbons (Fsp3) is 0. The minimum Gasteiger partial charge on any atom is -0.790 e. The molecule has 0 aromatic heterocycles. The zero-order valence-electron chi connectivity index (χ0n) is 8.75. The van der Waals surface area contributed by atoms with Crippen LogP contribution in [-0.4, -0.2) is 0 Å². The summed E-state index contributed by atoms with van der Waals surface area (Å²) >= 11 is 0. The van der Waals surface area contributed by atoms with E-state index in [1.54, 1.807) is 0 Å². The van der Waals surface area contributed by atoms with Crippen LogP contribution in [0.4, 0.5) is 0 Å². The first-order valence-electron chi connectivity index (χ1n) is 1.46. The van der Waals surface area contributed by atoms with E-state index in [2.05, 4.69) is 4.31 Å². The van der Waals surface area contributed by atoms with Crippen molar-refractivity contribution in [1.82, 2.24) is 0 Å². The third-order valence-electron chi connectivity index (χ3n) is 0.200. The van der Waals surface area contributed by atoms with Gasteiger partial charge in [0.25, 0.3) is 0 Å². The smallest absolute Gasteiger partial charge is 0.790 e. The molecule has 0 aliphatic rings. The van der Waals surface area contributed by atoms with E-state index >= 15 is 0 Å². The number of rotatable bonds is 2. The van der Waals surface area contributed by atoms with Crippen molar-refractivity contribution in [2.45, 2.75) is 0 Å². The summed E-state index contributed by atoms with van der Waals surface area (Å²) in [5.74, 6) is 0. The summed E-state index contributed by atoms with van der Waals surface area (Å²) in [7, 11) is -11.4. The number of hydrogen-bond donors (Lipinski definition) is 0. The fourth-order valence-corrected chi connectivity index (χ4v) is 1.10. The van der Waals surface area contributed by atoms with E-state index < -0.39 is 15.6 Å². The molecule has 0 aromatic rings. The summed E-state index contributed by atoms with van der Waals surface area (Å²) < 4.78 is 21.2. The van der Waals surface area contributed by atoms with Crippen molar-refractivity contribution in [2.24, 2.45) is 0 Å². The van der Waals surface area contributed by atoms with E-state index in [1.165, 1.54) is 0 Å². The summed E-state index contributed by atoms with van der Waals surface area (Å²) in [6, 6.07) is 0. The summed E-state index contributed by atoms with van der Waals surface area (Å²) in [6.45, 7) is 0. The quantitative estimate of drug-likeness (QED) is 0.365. The maximum Gasteiger partial charge on any atom is 1.00 e. The zero-order chi connectivity index (χ0) is 7.71. The van der Waals surface area contributed by atoms with E-state index in [9.17, 15) is 28.7 Å². The van der Waals surface area contributed by atoms with E-state index in [1.807, 2.05) is 0 Å². The van der Waals surface area contributed by atoms with Crippen molar-refractivity contribution >= 4 is 15.6 Å². The van der Waals surface area contributed by atoms with Crippen molar-refractivity contribution in [3.63, 3.8) is 0 Å². The molecule has 0 aromatic carbocycles. The van der Waals surface area contributed by atoms with Gasteiger partial charge in [0.1, 0.15) is 0 Å². The van der Waals surface area contributed by atoms with Gasteiger partial charge in [-0.15, -0.1) is 0 Å². The molecule has 56 valence electrons. The molecule has 0 heterocycles. The molecule has 0 atom stereocenters. The second-order valence-electron chi connectivity index (χ2n) is 0.976. The molecular weight excluding hydrogens is 305 g/mol. The molecule has 0 N–H and O–H groups in total. The van der Waals surface area contributed by atoms with Crippen molar-refractivity contribution in [2.75, 3.05) is 0 Å². The molecule has 0 amide bonds. The fourth-order valence-electron chi connectivity index (χ4n) is 0.122. The van der Waals surface area contributed by atoms with E-state index in [-0.39, 0.29) is 170 Å². The first-order chi connectivity index (χ1) is 3.71.